The standard InChI is InChI=1S/C18H25N3O5/c1-11-10-20-16(23)12-8-15(25-5)14(22)9-13(12)21(7-6-19-11)17(24)26-18(2,3)4/h8-9,19,22H,1,6-7,10H2,2-5H3,(H,20,23). The predicted octanol–water partition coefficient (Wildman–Crippen LogP) is 1.99. The van der Waals surface area contributed by atoms with E-state index < -0.39 is 17.6 Å². The van der Waals surface area contributed by atoms with Crippen molar-refractivity contribution in [1.82, 2.24) is 10.6 Å². The summed E-state index contributed by atoms with van der Waals surface area (Å²) in [5.41, 5.74) is 0.349. The first kappa shape index (κ1) is 19.4. The van der Waals surface area contributed by atoms with Crippen LogP contribution in [-0.4, -0.2) is 49.5 Å². The van der Waals surface area contributed by atoms with E-state index in [1.54, 1.807) is 20.8 Å². The molecule has 8 heteroatoms. The number of nitrogens with zero attached hydrogens (tertiary/aromatic N) is 1. The molecule has 26 heavy (non-hydrogen) atoms. The first-order valence-corrected chi connectivity index (χ1v) is 8.23. The molecule has 0 saturated carbocycles. The summed E-state index contributed by atoms with van der Waals surface area (Å²) in [7, 11) is 1.39. The number of benzene rings is 1. The van der Waals surface area contributed by atoms with Gasteiger partial charge in [-0.2, -0.15) is 0 Å². The number of carbonyl (C=O) groups excluding carboxylic acids is 2. The van der Waals surface area contributed by atoms with Crippen LogP contribution in [-0.2, 0) is 4.74 Å². The van der Waals surface area contributed by atoms with Crippen LogP contribution < -0.4 is 20.3 Å². The molecule has 1 aliphatic heterocycles. The number of carbonyl (C=O) groups is 2. The number of methoxy groups -OCH3 is 1. The van der Waals surface area contributed by atoms with Gasteiger partial charge in [-0.3, -0.25) is 9.69 Å². The zero-order chi connectivity index (χ0) is 19.5. The Morgan fingerprint density at radius 1 is 1.31 bits per heavy atom. The number of ether oxygens (including phenoxy) is 2. The number of anilines is 1. The van der Waals surface area contributed by atoms with Crippen molar-refractivity contribution < 1.29 is 24.2 Å². The van der Waals surface area contributed by atoms with Gasteiger partial charge in [0.1, 0.15) is 5.60 Å². The molecule has 0 spiro atoms. The number of aromatic hydroxyl groups is 1. The van der Waals surface area contributed by atoms with Crippen molar-refractivity contribution >= 4 is 17.7 Å². The van der Waals surface area contributed by atoms with Gasteiger partial charge in [-0.15, -0.1) is 0 Å². The summed E-state index contributed by atoms with van der Waals surface area (Å²) in [4.78, 5) is 26.6. The van der Waals surface area contributed by atoms with Crippen LogP contribution in [0.1, 0.15) is 31.1 Å². The lowest BCUT2D eigenvalue weighted by atomic mass is 10.1. The summed E-state index contributed by atoms with van der Waals surface area (Å²) in [5, 5.41) is 15.9. The number of rotatable bonds is 1. The Morgan fingerprint density at radius 2 is 2.00 bits per heavy atom. The van der Waals surface area contributed by atoms with Crippen LogP contribution in [0.2, 0.25) is 0 Å². The average molecular weight is 363 g/mol. The molecule has 3 N–H and O–H groups in total. The van der Waals surface area contributed by atoms with Crippen molar-refractivity contribution in [3.63, 3.8) is 0 Å². The van der Waals surface area contributed by atoms with Gasteiger partial charge < -0.3 is 25.2 Å². The lowest BCUT2D eigenvalue weighted by Crippen LogP contribution is -2.43. The summed E-state index contributed by atoms with van der Waals surface area (Å²) < 4.78 is 10.5. The van der Waals surface area contributed by atoms with Crippen LogP contribution in [0.25, 0.3) is 0 Å². The smallest absolute Gasteiger partial charge is 0.414 e. The Labute approximate surface area is 152 Å². The zero-order valence-electron chi connectivity index (χ0n) is 15.5. The van der Waals surface area contributed by atoms with Gasteiger partial charge >= 0.3 is 6.09 Å². The largest absolute Gasteiger partial charge is 0.504 e. The van der Waals surface area contributed by atoms with Crippen molar-refractivity contribution in [1.29, 1.82) is 0 Å². The second-order valence-electron chi connectivity index (χ2n) is 6.89. The maximum absolute atomic E-state index is 12.7. The number of nitrogens with one attached hydrogen (secondary N) is 2. The second kappa shape index (κ2) is 7.55. The molecule has 1 aromatic rings. The number of phenolic OH excluding ortho intramolecular Hbond substituents is 1. The number of phenols is 1. The maximum Gasteiger partial charge on any atom is 0.414 e. The van der Waals surface area contributed by atoms with Crippen molar-refractivity contribution in [2.24, 2.45) is 0 Å². The van der Waals surface area contributed by atoms with Gasteiger partial charge in [0.25, 0.3) is 5.91 Å². The molecular weight excluding hydrogens is 338 g/mol. The Balaban J connectivity index is 2.54. The third-order valence-corrected chi connectivity index (χ3v) is 3.62. The maximum atomic E-state index is 12.7. The minimum atomic E-state index is -0.708. The topological polar surface area (TPSA) is 100 Å². The van der Waals surface area contributed by atoms with Gasteiger partial charge in [0, 0.05) is 24.9 Å². The van der Waals surface area contributed by atoms with Crippen molar-refractivity contribution in [3.05, 3.63) is 30.0 Å². The monoisotopic (exact) mass is 363 g/mol. The van der Waals surface area contributed by atoms with E-state index in [0.29, 0.717) is 12.2 Å². The van der Waals surface area contributed by atoms with E-state index in [1.165, 1.54) is 24.1 Å². The third kappa shape index (κ3) is 4.59. The first-order chi connectivity index (χ1) is 12.1. The lowest BCUT2D eigenvalue weighted by Gasteiger charge is -2.30. The highest BCUT2D eigenvalue weighted by Gasteiger charge is 2.28. The molecule has 0 bridgehead atoms. The van der Waals surface area contributed by atoms with Crippen LogP contribution in [0.15, 0.2) is 24.4 Å². The molecule has 2 rings (SSSR count). The van der Waals surface area contributed by atoms with E-state index in [4.69, 9.17) is 9.47 Å². The molecule has 8 nitrogen and oxygen atoms in total. The first-order valence-electron chi connectivity index (χ1n) is 8.23. The van der Waals surface area contributed by atoms with Crippen molar-refractivity contribution in [2.75, 3.05) is 31.6 Å². The number of amides is 2. The number of fused-ring (bicyclic) bond motifs is 1. The Kier molecular flexibility index (Phi) is 5.64. The normalized spacial score (nSPS) is 15.5. The van der Waals surface area contributed by atoms with Gasteiger partial charge in [-0.1, -0.05) is 6.58 Å². The van der Waals surface area contributed by atoms with Gasteiger partial charge in [0.05, 0.1) is 24.9 Å². The molecule has 1 aromatic carbocycles. The molecular formula is C18H25N3O5. The molecule has 0 aromatic heterocycles. The minimum Gasteiger partial charge on any atom is -0.504 e. The minimum absolute atomic E-state index is 0.136. The van der Waals surface area contributed by atoms with E-state index in [1.807, 2.05) is 0 Å². The summed E-state index contributed by atoms with van der Waals surface area (Å²) in [6.45, 7) is 9.97. The van der Waals surface area contributed by atoms with E-state index in [0.717, 1.165) is 0 Å². The van der Waals surface area contributed by atoms with Crippen molar-refractivity contribution in [3.8, 4) is 11.5 Å². The summed E-state index contributed by atoms with van der Waals surface area (Å²) >= 11 is 0. The fourth-order valence-corrected chi connectivity index (χ4v) is 2.44. The highest BCUT2D eigenvalue weighted by atomic mass is 16.6. The fourth-order valence-electron chi connectivity index (χ4n) is 2.44. The molecule has 142 valence electrons. The predicted molar refractivity (Wildman–Crippen MR) is 97.7 cm³/mol. The van der Waals surface area contributed by atoms with E-state index in [9.17, 15) is 14.7 Å². The van der Waals surface area contributed by atoms with Gasteiger partial charge in [0.2, 0.25) is 0 Å². The molecule has 0 fully saturated rings. The van der Waals surface area contributed by atoms with Crippen LogP contribution in [0.3, 0.4) is 0 Å². The molecule has 0 atom stereocenters. The Bertz CT molecular complexity index is 724. The highest BCUT2D eigenvalue weighted by Crippen LogP contribution is 2.35. The molecule has 1 aliphatic rings. The Hall–Kier alpha value is -2.90. The molecule has 0 unspecified atom stereocenters. The molecule has 0 aliphatic carbocycles. The lowest BCUT2D eigenvalue weighted by molar-refractivity contribution is 0.0580. The van der Waals surface area contributed by atoms with Gasteiger partial charge in [0.15, 0.2) is 11.5 Å². The van der Waals surface area contributed by atoms with Crippen molar-refractivity contribution in [2.45, 2.75) is 26.4 Å². The number of hydrogen-bond acceptors (Lipinski definition) is 6. The Morgan fingerprint density at radius 3 is 2.62 bits per heavy atom. The van der Waals surface area contributed by atoms with E-state index >= 15 is 0 Å². The van der Waals surface area contributed by atoms with Crippen LogP contribution >= 0.6 is 0 Å². The summed E-state index contributed by atoms with van der Waals surface area (Å²) in [5.74, 6) is -0.462. The van der Waals surface area contributed by atoms with Crippen LogP contribution in [0, 0.1) is 0 Å². The zero-order valence-corrected chi connectivity index (χ0v) is 15.5. The summed E-state index contributed by atoms with van der Waals surface area (Å²) in [6, 6.07) is 2.73. The van der Waals surface area contributed by atoms with Gasteiger partial charge in [-0.05, 0) is 26.8 Å². The molecule has 1 heterocycles. The van der Waals surface area contributed by atoms with Crippen LogP contribution in [0.5, 0.6) is 11.5 Å². The molecule has 0 saturated heterocycles. The second-order valence-corrected chi connectivity index (χ2v) is 6.89. The molecule has 2 amide bonds. The van der Waals surface area contributed by atoms with E-state index in [-0.39, 0.29) is 35.8 Å². The SMILES string of the molecule is C=C1CNC(=O)c2cc(OC)c(O)cc2N(C(=O)OC(C)(C)C)CCN1. The highest BCUT2D eigenvalue weighted by molar-refractivity contribution is 6.04. The fraction of sp³-hybridized carbons (Fsp3) is 0.444. The van der Waals surface area contributed by atoms with Gasteiger partial charge in [-0.25, -0.2) is 4.79 Å². The number of hydrogen-bond donors (Lipinski definition) is 3. The van der Waals surface area contributed by atoms with E-state index in [2.05, 4.69) is 17.2 Å². The average Bonchev–Trinajstić information content (AvgIpc) is 2.54. The molecule has 0 radical (unpaired) electrons. The van der Waals surface area contributed by atoms with Crippen LogP contribution in [0.4, 0.5) is 10.5 Å². The third-order valence-electron chi connectivity index (χ3n) is 3.62. The summed E-state index contributed by atoms with van der Waals surface area (Å²) in [6.07, 6.45) is -0.621. The quantitative estimate of drug-likeness (QED) is 0.706.